The van der Waals surface area contributed by atoms with E-state index < -0.39 is 0 Å². The smallest absolute Gasteiger partial charge is 0.0627 e. The minimum atomic E-state index is 0.337. The first kappa shape index (κ1) is 12.3. The molecule has 3 heterocycles. The van der Waals surface area contributed by atoms with E-state index >= 15 is 0 Å². The Labute approximate surface area is 120 Å². The van der Waals surface area contributed by atoms with Gasteiger partial charge in [-0.15, -0.1) is 0 Å². The SMILES string of the molecule is CC1(C)CNC2CCCN(c3c[nH]c4ccccc34)C21. The average molecular weight is 269 g/mol. The number of para-hydroxylation sites is 1. The van der Waals surface area contributed by atoms with E-state index in [-0.39, 0.29) is 0 Å². The van der Waals surface area contributed by atoms with Gasteiger partial charge in [-0.2, -0.15) is 0 Å². The summed E-state index contributed by atoms with van der Waals surface area (Å²) < 4.78 is 0. The molecular formula is C17H23N3. The van der Waals surface area contributed by atoms with Crippen LogP contribution < -0.4 is 10.2 Å². The lowest BCUT2D eigenvalue weighted by atomic mass is 9.80. The van der Waals surface area contributed by atoms with Crippen molar-refractivity contribution in [2.24, 2.45) is 5.41 Å². The zero-order valence-electron chi connectivity index (χ0n) is 12.3. The van der Waals surface area contributed by atoms with Crippen molar-refractivity contribution < 1.29 is 0 Å². The highest BCUT2D eigenvalue weighted by atomic mass is 15.3. The summed E-state index contributed by atoms with van der Waals surface area (Å²) in [6, 6.07) is 9.89. The Morgan fingerprint density at radius 3 is 3.00 bits per heavy atom. The second kappa shape index (κ2) is 4.26. The van der Waals surface area contributed by atoms with Gasteiger partial charge in [0.2, 0.25) is 0 Å². The van der Waals surface area contributed by atoms with Gasteiger partial charge in [-0.05, 0) is 24.3 Å². The van der Waals surface area contributed by atoms with Crippen LogP contribution in [0, 0.1) is 5.41 Å². The van der Waals surface area contributed by atoms with Crippen LogP contribution in [0.15, 0.2) is 30.5 Å². The first-order valence-corrected chi connectivity index (χ1v) is 7.73. The molecule has 106 valence electrons. The minimum absolute atomic E-state index is 0.337. The maximum atomic E-state index is 3.74. The number of H-pyrrole nitrogens is 1. The number of nitrogens with zero attached hydrogens (tertiary/aromatic N) is 1. The summed E-state index contributed by atoms with van der Waals surface area (Å²) >= 11 is 0. The summed E-state index contributed by atoms with van der Waals surface area (Å²) in [5, 5.41) is 5.09. The Hall–Kier alpha value is -1.48. The van der Waals surface area contributed by atoms with Crippen LogP contribution in [0.1, 0.15) is 26.7 Å². The molecule has 2 N–H and O–H groups in total. The number of fused-ring (bicyclic) bond motifs is 2. The summed E-state index contributed by atoms with van der Waals surface area (Å²) in [7, 11) is 0. The van der Waals surface area contributed by atoms with Crippen LogP contribution in [-0.2, 0) is 0 Å². The number of benzene rings is 1. The van der Waals surface area contributed by atoms with Crippen molar-refractivity contribution in [1.82, 2.24) is 10.3 Å². The van der Waals surface area contributed by atoms with Gasteiger partial charge < -0.3 is 15.2 Å². The highest BCUT2D eigenvalue weighted by Gasteiger charge is 2.47. The van der Waals surface area contributed by atoms with Crippen molar-refractivity contribution in [2.75, 3.05) is 18.0 Å². The van der Waals surface area contributed by atoms with Crippen LogP contribution >= 0.6 is 0 Å². The first-order chi connectivity index (χ1) is 9.67. The molecule has 0 amide bonds. The Balaban J connectivity index is 1.80. The molecule has 2 aromatic rings. The Morgan fingerprint density at radius 2 is 2.10 bits per heavy atom. The largest absolute Gasteiger partial charge is 0.365 e. The molecule has 2 aliphatic heterocycles. The molecule has 2 unspecified atom stereocenters. The molecular weight excluding hydrogens is 246 g/mol. The molecule has 4 rings (SSSR count). The normalized spacial score (nSPS) is 28.8. The fraction of sp³-hybridized carbons (Fsp3) is 0.529. The summed E-state index contributed by atoms with van der Waals surface area (Å²) in [6.07, 6.45) is 4.79. The number of nitrogens with one attached hydrogen (secondary N) is 2. The molecule has 1 aromatic carbocycles. The molecule has 0 spiro atoms. The molecule has 0 saturated carbocycles. The van der Waals surface area contributed by atoms with Crippen molar-refractivity contribution in [2.45, 2.75) is 38.8 Å². The van der Waals surface area contributed by atoms with Crippen molar-refractivity contribution in [3.8, 4) is 0 Å². The van der Waals surface area contributed by atoms with Gasteiger partial charge in [0.25, 0.3) is 0 Å². The highest BCUT2D eigenvalue weighted by molar-refractivity contribution is 5.93. The van der Waals surface area contributed by atoms with E-state index in [0.29, 0.717) is 17.5 Å². The molecule has 20 heavy (non-hydrogen) atoms. The number of hydrogen-bond acceptors (Lipinski definition) is 2. The molecule has 1 aromatic heterocycles. The lowest BCUT2D eigenvalue weighted by Gasteiger charge is -2.44. The maximum Gasteiger partial charge on any atom is 0.0627 e. The minimum Gasteiger partial charge on any atom is -0.365 e. The van der Waals surface area contributed by atoms with Crippen LogP contribution in [0.4, 0.5) is 5.69 Å². The van der Waals surface area contributed by atoms with Crippen molar-refractivity contribution >= 4 is 16.6 Å². The zero-order chi connectivity index (χ0) is 13.7. The lowest BCUT2D eigenvalue weighted by molar-refractivity contribution is 0.292. The summed E-state index contributed by atoms with van der Waals surface area (Å²) in [6.45, 7) is 7.10. The van der Waals surface area contributed by atoms with Gasteiger partial charge in [0.1, 0.15) is 0 Å². The van der Waals surface area contributed by atoms with Gasteiger partial charge in [-0.3, -0.25) is 0 Å². The second-order valence-electron chi connectivity index (χ2n) is 6.98. The second-order valence-corrected chi connectivity index (χ2v) is 6.98. The number of aromatic amines is 1. The van der Waals surface area contributed by atoms with Crippen LogP contribution in [0.5, 0.6) is 0 Å². The van der Waals surface area contributed by atoms with Gasteiger partial charge in [0.05, 0.1) is 11.7 Å². The fourth-order valence-electron chi connectivity index (χ4n) is 4.24. The van der Waals surface area contributed by atoms with Crippen molar-refractivity contribution in [3.63, 3.8) is 0 Å². The van der Waals surface area contributed by atoms with E-state index in [1.807, 2.05) is 0 Å². The number of anilines is 1. The Morgan fingerprint density at radius 1 is 1.25 bits per heavy atom. The van der Waals surface area contributed by atoms with Crippen LogP contribution in [0.3, 0.4) is 0 Å². The molecule has 0 bridgehead atoms. The van der Waals surface area contributed by atoms with E-state index in [1.165, 1.54) is 36.0 Å². The predicted octanol–water partition coefficient (Wildman–Crippen LogP) is 3.13. The Kier molecular flexibility index (Phi) is 2.61. The molecule has 0 radical (unpaired) electrons. The zero-order valence-corrected chi connectivity index (χ0v) is 12.3. The number of rotatable bonds is 1. The van der Waals surface area contributed by atoms with E-state index in [2.05, 4.69) is 59.5 Å². The molecule has 3 nitrogen and oxygen atoms in total. The Bertz CT molecular complexity index is 628. The quantitative estimate of drug-likeness (QED) is 0.833. The van der Waals surface area contributed by atoms with Crippen LogP contribution in [0.2, 0.25) is 0 Å². The first-order valence-electron chi connectivity index (χ1n) is 7.73. The van der Waals surface area contributed by atoms with Crippen molar-refractivity contribution in [3.05, 3.63) is 30.5 Å². The highest BCUT2D eigenvalue weighted by Crippen LogP contribution is 2.41. The number of piperidine rings is 1. The van der Waals surface area contributed by atoms with Gasteiger partial charge in [0, 0.05) is 36.2 Å². The maximum absolute atomic E-state index is 3.74. The number of aromatic nitrogens is 1. The predicted molar refractivity (Wildman–Crippen MR) is 84.2 cm³/mol. The van der Waals surface area contributed by atoms with Gasteiger partial charge in [-0.25, -0.2) is 0 Å². The topological polar surface area (TPSA) is 31.1 Å². The molecule has 2 fully saturated rings. The lowest BCUT2D eigenvalue weighted by Crippen LogP contribution is -2.53. The van der Waals surface area contributed by atoms with Crippen LogP contribution in [0.25, 0.3) is 10.9 Å². The summed E-state index contributed by atoms with van der Waals surface area (Å²) in [5.41, 5.74) is 2.96. The van der Waals surface area contributed by atoms with E-state index in [9.17, 15) is 0 Å². The third kappa shape index (κ3) is 1.69. The third-order valence-corrected chi connectivity index (χ3v) is 5.13. The average Bonchev–Trinajstić information content (AvgIpc) is 3.01. The van der Waals surface area contributed by atoms with E-state index in [4.69, 9.17) is 0 Å². The van der Waals surface area contributed by atoms with Crippen molar-refractivity contribution in [1.29, 1.82) is 0 Å². The molecule has 2 saturated heterocycles. The standard InChI is InChI=1S/C17H23N3/c1-17(2)11-19-14-8-5-9-20(16(14)17)15-10-18-13-7-4-3-6-12(13)15/h3-4,6-7,10,14,16,18-19H,5,8-9,11H2,1-2H3. The molecule has 3 heteroatoms. The number of hydrogen-bond donors (Lipinski definition) is 2. The van der Waals surface area contributed by atoms with Gasteiger partial charge >= 0.3 is 0 Å². The van der Waals surface area contributed by atoms with E-state index in [1.54, 1.807) is 0 Å². The molecule has 2 aliphatic rings. The fourth-order valence-corrected chi connectivity index (χ4v) is 4.24. The third-order valence-electron chi connectivity index (χ3n) is 5.13. The van der Waals surface area contributed by atoms with Gasteiger partial charge in [0.15, 0.2) is 0 Å². The summed E-state index contributed by atoms with van der Waals surface area (Å²) in [4.78, 5) is 6.08. The summed E-state index contributed by atoms with van der Waals surface area (Å²) in [5.74, 6) is 0. The molecule has 2 atom stereocenters. The van der Waals surface area contributed by atoms with Crippen LogP contribution in [-0.4, -0.2) is 30.2 Å². The molecule has 0 aliphatic carbocycles. The monoisotopic (exact) mass is 269 g/mol. The van der Waals surface area contributed by atoms with Gasteiger partial charge in [-0.1, -0.05) is 32.0 Å². The van der Waals surface area contributed by atoms with E-state index in [0.717, 1.165) is 6.54 Å².